The number of anilines is 3. The fraction of sp³-hybridized carbons (Fsp3) is 0.417. The van der Waals surface area contributed by atoms with E-state index < -0.39 is 0 Å². The molecule has 2 saturated heterocycles. The van der Waals surface area contributed by atoms with Crippen molar-refractivity contribution >= 4 is 17.5 Å². The largest absolute Gasteiger partial charge is 0.507 e. The first-order valence-electron chi connectivity index (χ1n) is 11.6. The Kier molecular flexibility index (Phi) is 6.21. The average molecular weight is 447 g/mol. The van der Waals surface area contributed by atoms with Gasteiger partial charge in [-0.2, -0.15) is 0 Å². The van der Waals surface area contributed by atoms with Crippen LogP contribution < -0.4 is 20.4 Å². The van der Waals surface area contributed by atoms with Crippen LogP contribution in [0, 0.1) is 0 Å². The number of rotatable bonds is 5. The van der Waals surface area contributed by atoms with Crippen molar-refractivity contribution in [1.82, 2.24) is 25.5 Å². The number of hydrogen-bond acceptors (Lipinski definition) is 9. The van der Waals surface area contributed by atoms with Crippen molar-refractivity contribution in [3.63, 3.8) is 0 Å². The van der Waals surface area contributed by atoms with E-state index in [4.69, 9.17) is 0 Å². The molecule has 0 saturated carbocycles. The zero-order valence-electron chi connectivity index (χ0n) is 18.9. The molecule has 2 fully saturated rings. The van der Waals surface area contributed by atoms with E-state index in [1.807, 2.05) is 37.6 Å². The Balaban J connectivity index is 1.29. The highest BCUT2D eigenvalue weighted by Gasteiger charge is 2.23. The van der Waals surface area contributed by atoms with E-state index in [9.17, 15) is 5.11 Å². The van der Waals surface area contributed by atoms with Gasteiger partial charge in [0.2, 0.25) is 5.95 Å². The highest BCUT2D eigenvalue weighted by atomic mass is 16.3. The molecule has 5 rings (SSSR count). The summed E-state index contributed by atoms with van der Waals surface area (Å²) in [6.07, 6.45) is 6.32. The molecule has 0 aliphatic carbocycles. The number of nitrogens with zero attached hydrogens (tertiary/aromatic N) is 6. The molecule has 3 N–H and O–H groups in total. The Morgan fingerprint density at radius 3 is 2.36 bits per heavy atom. The zero-order valence-corrected chi connectivity index (χ0v) is 18.9. The van der Waals surface area contributed by atoms with Crippen LogP contribution in [0.3, 0.4) is 0 Å². The number of para-hydroxylation sites is 1. The van der Waals surface area contributed by atoms with Crippen LogP contribution in [0.1, 0.15) is 24.3 Å². The summed E-state index contributed by atoms with van der Waals surface area (Å²) < 4.78 is 0. The predicted molar refractivity (Wildman–Crippen MR) is 130 cm³/mol. The molecule has 33 heavy (non-hydrogen) atoms. The lowest BCUT2D eigenvalue weighted by molar-refractivity contribution is 0.458. The standard InChI is InChI=1S/C24H30N8O/c1-25-23-21(14-20(29-30-23)19-4-2-3-5-22(19)33)31-10-12-32(13-11-31)24-27-15-18(16-28-24)17-6-8-26-9-7-17/h2-5,14-17,26,33H,6-13H2,1H3,(H,25,30). The quantitative estimate of drug-likeness (QED) is 0.545. The monoisotopic (exact) mass is 446 g/mol. The molecule has 2 aliphatic heterocycles. The Hall–Kier alpha value is -3.46. The van der Waals surface area contributed by atoms with Gasteiger partial charge in [-0.3, -0.25) is 0 Å². The lowest BCUT2D eigenvalue weighted by atomic mass is 9.92. The van der Waals surface area contributed by atoms with Crippen molar-refractivity contribution in [2.24, 2.45) is 0 Å². The minimum Gasteiger partial charge on any atom is -0.507 e. The van der Waals surface area contributed by atoms with Crippen molar-refractivity contribution in [2.45, 2.75) is 18.8 Å². The molecular formula is C24H30N8O. The maximum Gasteiger partial charge on any atom is 0.225 e. The maximum atomic E-state index is 10.2. The molecule has 2 aliphatic rings. The van der Waals surface area contributed by atoms with E-state index in [1.165, 1.54) is 5.56 Å². The van der Waals surface area contributed by atoms with Crippen molar-refractivity contribution in [1.29, 1.82) is 0 Å². The fourth-order valence-corrected chi connectivity index (χ4v) is 4.63. The van der Waals surface area contributed by atoms with Gasteiger partial charge in [-0.1, -0.05) is 12.1 Å². The van der Waals surface area contributed by atoms with Gasteiger partial charge in [-0.05, 0) is 55.6 Å². The van der Waals surface area contributed by atoms with Gasteiger partial charge in [0.1, 0.15) is 5.75 Å². The second-order valence-corrected chi connectivity index (χ2v) is 8.55. The van der Waals surface area contributed by atoms with Crippen LogP contribution in [-0.2, 0) is 0 Å². The molecule has 0 bridgehead atoms. The van der Waals surface area contributed by atoms with E-state index in [0.29, 0.717) is 17.2 Å². The molecule has 9 nitrogen and oxygen atoms in total. The number of phenols is 1. The minimum atomic E-state index is 0.199. The van der Waals surface area contributed by atoms with Crippen molar-refractivity contribution in [2.75, 3.05) is 61.4 Å². The molecule has 0 spiro atoms. The lowest BCUT2D eigenvalue weighted by Crippen LogP contribution is -2.47. The van der Waals surface area contributed by atoms with Crippen molar-refractivity contribution in [3.05, 3.63) is 48.3 Å². The Morgan fingerprint density at radius 1 is 0.970 bits per heavy atom. The number of phenolic OH excluding ortho intramolecular Hbond substituents is 1. The second-order valence-electron chi connectivity index (χ2n) is 8.55. The first-order chi connectivity index (χ1) is 16.2. The van der Waals surface area contributed by atoms with Crippen molar-refractivity contribution < 1.29 is 5.11 Å². The number of benzene rings is 1. The lowest BCUT2D eigenvalue weighted by Gasteiger charge is -2.36. The van der Waals surface area contributed by atoms with Crippen LogP contribution in [0.5, 0.6) is 5.75 Å². The number of nitrogens with one attached hydrogen (secondary N) is 2. The van der Waals surface area contributed by atoms with Gasteiger partial charge in [0.15, 0.2) is 5.82 Å². The summed E-state index contributed by atoms with van der Waals surface area (Å²) in [7, 11) is 1.85. The summed E-state index contributed by atoms with van der Waals surface area (Å²) in [5.74, 6) is 2.29. The van der Waals surface area contributed by atoms with Crippen LogP contribution in [0.4, 0.5) is 17.5 Å². The molecule has 0 atom stereocenters. The van der Waals surface area contributed by atoms with E-state index in [1.54, 1.807) is 12.1 Å². The molecule has 2 aromatic heterocycles. The maximum absolute atomic E-state index is 10.2. The van der Waals surface area contributed by atoms with Crippen LogP contribution in [0.25, 0.3) is 11.3 Å². The molecule has 0 radical (unpaired) electrons. The van der Waals surface area contributed by atoms with Gasteiger partial charge >= 0.3 is 0 Å². The van der Waals surface area contributed by atoms with Crippen LogP contribution in [0.15, 0.2) is 42.7 Å². The third-order valence-corrected chi connectivity index (χ3v) is 6.56. The molecule has 0 amide bonds. The fourth-order valence-electron chi connectivity index (χ4n) is 4.63. The number of piperidine rings is 1. The first kappa shape index (κ1) is 21.4. The number of piperazine rings is 1. The van der Waals surface area contributed by atoms with E-state index >= 15 is 0 Å². The molecule has 1 aromatic carbocycles. The van der Waals surface area contributed by atoms with Crippen LogP contribution in [-0.4, -0.2) is 71.6 Å². The van der Waals surface area contributed by atoms with E-state index in [0.717, 1.165) is 69.6 Å². The third-order valence-electron chi connectivity index (χ3n) is 6.56. The number of aromatic hydroxyl groups is 1. The molecule has 3 aromatic rings. The van der Waals surface area contributed by atoms with Crippen LogP contribution in [0.2, 0.25) is 0 Å². The minimum absolute atomic E-state index is 0.199. The molecular weight excluding hydrogens is 416 g/mol. The van der Waals surface area contributed by atoms with Crippen molar-refractivity contribution in [3.8, 4) is 17.0 Å². The van der Waals surface area contributed by atoms with E-state index in [-0.39, 0.29) is 5.75 Å². The number of aromatic nitrogens is 4. The topological polar surface area (TPSA) is 102 Å². The predicted octanol–water partition coefficient (Wildman–Crippen LogP) is 2.47. The Bertz CT molecular complexity index is 1080. The number of hydrogen-bond donors (Lipinski definition) is 3. The molecule has 172 valence electrons. The first-order valence-corrected chi connectivity index (χ1v) is 11.6. The summed E-state index contributed by atoms with van der Waals surface area (Å²) in [5, 5.41) is 25.5. The summed E-state index contributed by atoms with van der Waals surface area (Å²) in [6, 6.07) is 9.20. The smallest absolute Gasteiger partial charge is 0.225 e. The summed E-state index contributed by atoms with van der Waals surface area (Å²) in [6.45, 7) is 5.42. The zero-order chi connectivity index (χ0) is 22.6. The Morgan fingerprint density at radius 2 is 1.67 bits per heavy atom. The summed E-state index contributed by atoms with van der Waals surface area (Å²) in [4.78, 5) is 13.9. The highest BCUT2D eigenvalue weighted by Crippen LogP contribution is 2.33. The SMILES string of the molecule is CNc1nnc(-c2ccccc2O)cc1N1CCN(c2ncc(C3CCNCC3)cn2)CC1. The average Bonchev–Trinajstić information content (AvgIpc) is 2.89. The van der Waals surface area contributed by atoms with Gasteiger partial charge in [-0.15, -0.1) is 10.2 Å². The van der Waals surface area contributed by atoms with Crippen LogP contribution >= 0.6 is 0 Å². The Labute approximate surface area is 193 Å². The van der Waals surface area contributed by atoms with Gasteiger partial charge in [0.05, 0.1) is 11.4 Å². The van der Waals surface area contributed by atoms with Gasteiger partial charge < -0.3 is 25.5 Å². The van der Waals surface area contributed by atoms with Gasteiger partial charge in [0, 0.05) is 51.2 Å². The molecule has 9 heteroatoms. The summed E-state index contributed by atoms with van der Waals surface area (Å²) in [5.41, 5.74) is 3.56. The normalized spacial score (nSPS) is 17.2. The highest BCUT2D eigenvalue weighted by molar-refractivity contribution is 5.75. The molecule has 0 unspecified atom stereocenters. The van der Waals surface area contributed by atoms with E-state index in [2.05, 4.69) is 40.6 Å². The van der Waals surface area contributed by atoms with Gasteiger partial charge in [0.25, 0.3) is 0 Å². The third kappa shape index (κ3) is 4.54. The summed E-state index contributed by atoms with van der Waals surface area (Å²) >= 11 is 0. The van der Waals surface area contributed by atoms with Gasteiger partial charge in [-0.25, -0.2) is 9.97 Å². The second kappa shape index (κ2) is 9.58. The molecule has 4 heterocycles.